The fraction of sp³-hybridized carbons (Fsp3) is 0.273. The van der Waals surface area contributed by atoms with Gasteiger partial charge in [-0.05, 0) is 29.8 Å². The number of hydrogen-bond acceptors (Lipinski definition) is 5. The molecule has 0 aliphatic carbocycles. The van der Waals surface area contributed by atoms with Crippen LogP contribution in [-0.4, -0.2) is 19.5 Å². The van der Waals surface area contributed by atoms with Crippen LogP contribution < -0.4 is 11.3 Å². The van der Waals surface area contributed by atoms with E-state index in [1.165, 1.54) is 10.8 Å². The van der Waals surface area contributed by atoms with Gasteiger partial charge in [0.1, 0.15) is 16.1 Å². The van der Waals surface area contributed by atoms with E-state index in [-0.39, 0.29) is 12.1 Å². The standard InChI is InChI=1S/C11H12BrN5O/c1-6-3-9(13)16-10(15-6)5-17-7(2)14-4-8(12)11(17)18/h3-4H,5H2,1-2H3,(H2,13,15,16). The highest BCUT2D eigenvalue weighted by Crippen LogP contribution is 2.06. The quantitative estimate of drug-likeness (QED) is 0.895. The van der Waals surface area contributed by atoms with E-state index in [0.717, 1.165) is 5.69 Å². The average Bonchev–Trinajstić information content (AvgIpc) is 2.28. The molecule has 94 valence electrons. The number of aromatic nitrogens is 4. The number of rotatable bonds is 2. The Morgan fingerprint density at radius 2 is 2.11 bits per heavy atom. The summed E-state index contributed by atoms with van der Waals surface area (Å²) in [5.41, 5.74) is 6.26. The minimum absolute atomic E-state index is 0.161. The Labute approximate surface area is 112 Å². The first-order chi connectivity index (χ1) is 8.47. The predicted molar refractivity (Wildman–Crippen MR) is 71.2 cm³/mol. The zero-order valence-electron chi connectivity index (χ0n) is 10.0. The minimum Gasteiger partial charge on any atom is -0.384 e. The molecule has 0 radical (unpaired) electrons. The lowest BCUT2D eigenvalue weighted by molar-refractivity contribution is 0.663. The zero-order chi connectivity index (χ0) is 13.3. The third-order valence-electron chi connectivity index (χ3n) is 2.42. The maximum absolute atomic E-state index is 12.0. The largest absolute Gasteiger partial charge is 0.384 e. The van der Waals surface area contributed by atoms with Crippen LogP contribution in [0, 0.1) is 13.8 Å². The summed E-state index contributed by atoms with van der Waals surface area (Å²) < 4.78 is 1.91. The molecule has 0 fully saturated rings. The summed E-state index contributed by atoms with van der Waals surface area (Å²) in [4.78, 5) is 24.4. The normalized spacial score (nSPS) is 10.6. The van der Waals surface area contributed by atoms with Gasteiger partial charge < -0.3 is 5.73 Å². The third kappa shape index (κ3) is 2.56. The van der Waals surface area contributed by atoms with Gasteiger partial charge in [0.05, 0.1) is 6.54 Å². The molecule has 0 atom stereocenters. The number of nitrogens with zero attached hydrogens (tertiary/aromatic N) is 4. The van der Waals surface area contributed by atoms with Crippen LogP contribution in [0.5, 0.6) is 0 Å². The first kappa shape index (κ1) is 12.7. The lowest BCUT2D eigenvalue weighted by Gasteiger charge is -2.09. The Morgan fingerprint density at radius 1 is 1.39 bits per heavy atom. The van der Waals surface area contributed by atoms with Crippen molar-refractivity contribution in [2.75, 3.05) is 5.73 Å². The molecule has 0 saturated carbocycles. The van der Waals surface area contributed by atoms with E-state index in [1.54, 1.807) is 13.0 Å². The molecular formula is C11H12BrN5O. The van der Waals surface area contributed by atoms with E-state index >= 15 is 0 Å². The SMILES string of the molecule is Cc1cc(N)nc(Cn2c(C)ncc(Br)c2=O)n1. The zero-order valence-corrected chi connectivity index (χ0v) is 11.6. The van der Waals surface area contributed by atoms with Crippen molar-refractivity contribution in [2.24, 2.45) is 0 Å². The van der Waals surface area contributed by atoms with Gasteiger partial charge in [-0.2, -0.15) is 0 Å². The summed E-state index contributed by atoms with van der Waals surface area (Å²) in [5.74, 6) is 1.50. The molecule has 0 aliphatic rings. The summed E-state index contributed by atoms with van der Waals surface area (Å²) in [6, 6.07) is 1.68. The van der Waals surface area contributed by atoms with Gasteiger partial charge in [-0.25, -0.2) is 15.0 Å². The van der Waals surface area contributed by atoms with Crippen LogP contribution in [0.15, 0.2) is 21.5 Å². The summed E-state index contributed by atoms with van der Waals surface area (Å²) in [6.45, 7) is 3.84. The van der Waals surface area contributed by atoms with Crippen molar-refractivity contribution in [1.29, 1.82) is 0 Å². The Morgan fingerprint density at radius 3 is 2.78 bits per heavy atom. The van der Waals surface area contributed by atoms with Gasteiger partial charge in [0.25, 0.3) is 5.56 Å². The van der Waals surface area contributed by atoms with E-state index in [0.29, 0.717) is 21.9 Å². The number of aryl methyl sites for hydroxylation is 2. The molecule has 2 rings (SSSR count). The van der Waals surface area contributed by atoms with Crippen molar-refractivity contribution >= 4 is 21.7 Å². The molecule has 2 aromatic heterocycles. The highest BCUT2D eigenvalue weighted by Gasteiger charge is 2.08. The molecular weight excluding hydrogens is 298 g/mol. The molecule has 0 saturated heterocycles. The van der Waals surface area contributed by atoms with Gasteiger partial charge in [0.15, 0.2) is 5.82 Å². The van der Waals surface area contributed by atoms with Gasteiger partial charge in [-0.15, -0.1) is 0 Å². The molecule has 2 heterocycles. The maximum atomic E-state index is 12.0. The molecule has 2 N–H and O–H groups in total. The molecule has 0 bridgehead atoms. The minimum atomic E-state index is -0.161. The summed E-state index contributed by atoms with van der Waals surface area (Å²) in [5, 5.41) is 0. The number of nitrogen functional groups attached to an aromatic ring is 1. The highest BCUT2D eigenvalue weighted by molar-refractivity contribution is 9.10. The molecule has 0 spiro atoms. The molecule has 2 aromatic rings. The molecule has 0 aromatic carbocycles. The molecule has 7 heteroatoms. The highest BCUT2D eigenvalue weighted by atomic mass is 79.9. The van der Waals surface area contributed by atoms with Crippen LogP contribution in [0.25, 0.3) is 0 Å². The second-order valence-electron chi connectivity index (χ2n) is 3.90. The van der Waals surface area contributed by atoms with Crippen LogP contribution in [0.3, 0.4) is 0 Å². The second kappa shape index (κ2) is 4.85. The van der Waals surface area contributed by atoms with Crippen LogP contribution in [0.2, 0.25) is 0 Å². The summed E-state index contributed by atoms with van der Waals surface area (Å²) in [6.07, 6.45) is 1.49. The van der Waals surface area contributed by atoms with Crippen molar-refractivity contribution in [3.05, 3.63) is 44.4 Å². The first-order valence-corrected chi connectivity index (χ1v) is 6.08. The maximum Gasteiger partial charge on any atom is 0.268 e. The van der Waals surface area contributed by atoms with Crippen LogP contribution >= 0.6 is 15.9 Å². The van der Waals surface area contributed by atoms with Crippen molar-refractivity contribution in [3.8, 4) is 0 Å². The molecule has 0 unspecified atom stereocenters. The predicted octanol–water partition coefficient (Wildman–Crippen LogP) is 1.04. The van der Waals surface area contributed by atoms with Crippen LogP contribution in [0.1, 0.15) is 17.3 Å². The first-order valence-electron chi connectivity index (χ1n) is 5.29. The second-order valence-corrected chi connectivity index (χ2v) is 4.75. The molecule has 0 aliphatic heterocycles. The van der Waals surface area contributed by atoms with E-state index in [2.05, 4.69) is 30.9 Å². The Bertz CT molecular complexity index is 632. The molecule has 6 nitrogen and oxygen atoms in total. The van der Waals surface area contributed by atoms with Crippen molar-refractivity contribution in [2.45, 2.75) is 20.4 Å². The lowest BCUT2D eigenvalue weighted by Crippen LogP contribution is -2.25. The smallest absolute Gasteiger partial charge is 0.268 e. The number of nitrogens with two attached hydrogens (primary N) is 1. The monoisotopic (exact) mass is 309 g/mol. The number of hydrogen-bond donors (Lipinski definition) is 1. The van der Waals surface area contributed by atoms with Gasteiger partial charge in [-0.3, -0.25) is 9.36 Å². The lowest BCUT2D eigenvalue weighted by atomic mass is 10.4. The van der Waals surface area contributed by atoms with Crippen LogP contribution in [0.4, 0.5) is 5.82 Å². The topological polar surface area (TPSA) is 86.7 Å². The fourth-order valence-corrected chi connectivity index (χ4v) is 1.92. The Kier molecular flexibility index (Phi) is 3.42. The third-order valence-corrected chi connectivity index (χ3v) is 2.97. The number of anilines is 1. The summed E-state index contributed by atoms with van der Waals surface area (Å²) in [7, 11) is 0. The van der Waals surface area contributed by atoms with Gasteiger partial charge in [-0.1, -0.05) is 0 Å². The van der Waals surface area contributed by atoms with E-state index < -0.39 is 0 Å². The van der Waals surface area contributed by atoms with Gasteiger partial charge >= 0.3 is 0 Å². The fourth-order valence-electron chi connectivity index (χ4n) is 1.61. The van der Waals surface area contributed by atoms with E-state index in [1.807, 2.05) is 6.92 Å². The summed E-state index contributed by atoms with van der Waals surface area (Å²) >= 11 is 3.16. The Hall–Kier alpha value is -1.76. The van der Waals surface area contributed by atoms with Gasteiger partial charge in [0, 0.05) is 18.0 Å². The van der Waals surface area contributed by atoms with Crippen molar-refractivity contribution < 1.29 is 0 Å². The van der Waals surface area contributed by atoms with Crippen molar-refractivity contribution in [1.82, 2.24) is 19.5 Å². The van der Waals surface area contributed by atoms with E-state index in [4.69, 9.17) is 5.73 Å². The van der Waals surface area contributed by atoms with Crippen molar-refractivity contribution in [3.63, 3.8) is 0 Å². The van der Waals surface area contributed by atoms with E-state index in [9.17, 15) is 4.79 Å². The molecule has 18 heavy (non-hydrogen) atoms. The van der Waals surface area contributed by atoms with Gasteiger partial charge in [0.2, 0.25) is 0 Å². The van der Waals surface area contributed by atoms with Crippen LogP contribution in [-0.2, 0) is 6.54 Å². The molecule has 0 amide bonds. The number of halogens is 1. The Balaban J connectivity index is 2.46. The average molecular weight is 310 g/mol.